The molecule has 0 aromatic heterocycles. The summed E-state index contributed by atoms with van der Waals surface area (Å²) in [6.07, 6.45) is 1.44. The van der Waals surface area contributed by atoms with Crippen molar-refractivity contribution in [2.75, 3.05) is 25.6 Å². The van der Waals surface area contributed by atoms with Crippen molar-refractivity contribution in [3.8, 4) is 11.5 Å². The highest BCUT2D eigenvalue weighted by Crippen LogP contribution is 2.40. The lowest BCUT2D eigenvalue weighted by molar-refractivity contribution is -0.130. The van der Waals surface area contributed by atoms with Crippen LogP contribution in [0.15, 0.2) is 42.5 Å². The predicted molar refractivity (Wildman–Crippen MR) is 113 cm³/mol. The summed E-state index contributed by atoms with van der Waals surface area (Å²) in [6.45, 7) is 6.29. The minimum atomic E-state index is 0.226. The van der Waals surface area contributed by atoms with Crippen LogP contribution in [0.25, 0.3) is 0 Å². The molecule has 28 heavy (non-hydrogen) atoms. The fraction of sp³-hybridized carbons (Fsp3) is 0.435. The van der Waals surface area contributed by atoms with Gasteiger partial charge in [0.05, 0.1) is 6.42 Å². The van der Waals surface area contributed by atoms with Crippen molar-refractivity contribution in [3.05, 3.63) is 59.2 Å². The molecule has 148 valence electrons. The topological polar surface area (TPSA) is 38.8 Å². The van der Waals surface area contributed by atoms with Crippen molar-refractivity contribution >= 4 is 17.7 Å². The molecule has 1 amide bonds. The number of ether oxygens (including phenoxy) is 2. The Bertz CT molecular complexity index is 834. The van der Waals surface area contributed by atoms with E-state index in [0.29, 0.717) is 24.4 Å². The molecule has 2 heterocycles. The Morgan fingerprint density at radius 3 is 2.68 bits per heavy atom. The summed E-state index contributed by atoms with van der Waals surface area (Å²) in [5, 5.41) is 0.387. The third kappa shape index (κ3) is 4.30. The molecule has 2 aromatic rings. The van der Waals surface area contributed by atoms with Gasteiger partial charge in [-0.25, -0.2) is 0 Å². The smallest absolute Gasteiger partial charge is 0.231 e. The quantitative estimate of drug-likeness (QED) is 0.744. The number of fused-ring (bicyclic) bond motifs is 1. The highest BCUT2D eigenvalue weighted by atomic mass is 32.2. The van der Waals surface area contributed by atoms with E-state index in [1.165, 1.54) is 11.1 Å². The summed E-state index contributed by atoms with van der Waals surface area (Å²) >= 11 is 1.92. The Balaban J connectivity index is 1.36. The molecule has 5 heteroatoms. The van der Waals surface area contributed by atoms with Crippen LogP contribution in [-0.2, 0) is 11.2 Å². The van der Waals surface area contributed by atoms with Crippen LogP contribution in [0, 0.1) is 0 Å². The summed E-state index contributed by atoms with van der Waals surface area (Å²) < 4.78 is 10.9. The zero-order chi connectivity index (χ0) is 19.5. The largest absolute Gasteiger partial charge is 0.454 e. The van der Waals surface area contributed by atoms with Crippen LogP contribution < -0.4 is 9.47 Å². The molecule has 0 bridgehead atoms. The van der Waals surface area contributed by atoms with Gasteiger partial charge in [-0.3, -0.25) is 4.79 Å². The second-order valence-electron chi connectivity index (χ2n) is 7.71. The lowest BCUT2D eigenvalue weighted by Crippen LogP contribution is -2.34. The number of carbonyl (C=O) groups is 1. The van der Waals surface area contributed by atoms with Crippen molar-refractivity contribution < 1.29 is 14.3 Å². The van der Waals surface area contributed by atoms with Crippen molar-refractivity contribution in [3.63, 3.8) is 0 Å². The Hall–Kier alpha value is -2.14. The average Bonchev–Trinajstić information content (AvgIpc) is 3.02. The Morgan fingerprint density at radius 2 is 1.89 bits per heavy atom. The Morgan fingerprint density at radius 1 is 1.11 bits per heavy atom. The molecule has 2 aliphatic rings. The van der Waals surface area contributed by atoms with Crippen molar-refractivity contribution in [1.29, 1.82) is 0 Å². The highest BCUT2D eigenvalue weighted by Gasteiger charge is 2.24. The maximum atomic E-state index is 12.8. The van der Waals surface area contributed by atoms with E-state index in [1.807, 2.05) is 22.7 Å². The molecule has 0 saturated carbocycles. The second-order valence-corrected chi connectivity index (χ2v) is 9.03. The molecule has 0 aliphatic carbocycles. The zero-order valence-electron chi connectivity index (χ0n) is 16.5. The van der Waals surface area contributed by atoms with Gasteiger partial charge in [-0.15, -0.1) is 0 Å². The van der Waals surface area contributed by atoms with E-state index in [0.717, 1.165) is 42.3 Å². The second kappa shape index (κ2) is 8.48. The molecule has 4 rings (SSSR count). The van der Waals surface area contributed by atoms with E-state index in [4.69, 9.17) is 9.47 Å². The summed E-state index contributed by atoms with van der Waals surface area (Å²) in [7, 11) is 0. The molecule has 1 saturated heterocycles. The standard InChI is InChI=1S/C23H27NO3S/c1-16(2)18-5-3-17(4-6-18)13-23(25)24-10-9-22(28-12-11-24)19-7-8-20-21(14-19)27-15-26-20/h3-8,14,16,22H,9-13,15H2,1-2H3. The molecule has 4 nitrogen and oxygen atoms in total. The SMILES string of the molecule is CC(C)c1ccc(CC(=O)N2CCSC(c3ccc4c(c3)OCO4)CC2)cc1. The molecular formula is C23H27NO3S. The number of nitrogens with zero attached hydrogens (tertiary/aromatic N) is 1. The number of thioether (sulfide) groups is 1. The van der Waals surface area contributed by atoms with Crippen molar-refractivity contribution in [1.82, 2.24) is 4.90 Å². The van der Waals surface area contributed by atoms with Gasteiger partial charge in [-0.1, -0.05) is 44.2 Å². The van der Waals surface area contributed by atoms with Crippen LogP contribution >= 0.6 is 11.8 Å². The lowest BCUT2D eigenvalue weighted by Gasteiger charge is -2.20. The molecule has 0 spiro atoms. The maximum absolute atomic E-state index is 12.8. The number of benzene rings is 2. The van der Waals surface area contributed by atoms with E-state index < -0.39 is 0 Å². The minimum absolute atomic E-state index is 0.226. The number of hydrogen-bond donors (Lipinski definition) is 0. The Kier molecular flexibility index (Phi) is 5.81. The summed E-state index contributed by atoms with van der Waals surface area (Å²) in [6, 6.07) is 14.7. The van der Waals surface area contributed by atoms with Gasteiger partial charge in [-0.2, -0.15) is 11.8 Å². The lowest BCUT2D eigenvalue weighted by atomic mass is 10.0. The third-order valence-corrected chi connectivity index (χ3v) is 6.79. The molecule has 1 fully saturated rings. The average molecular weight is 398 g/mol. The van der Waals surface area contributed by atoms with Crippen LogP contribution in [0.1, 0.15) is 48.1 Å². The summed E-state index contributed by atoms with van der Waals surface area (Å²) in [5.41, 5.74) is 3.67. The van der Waals surface area contributed by atoms with Crippen LogP contribution in [-0.4, -0.2) is 36.4 Å². The summed E-state index contributed by atoms with van der Waals surface area (Å²) in [5.74, 6) is 3.35. The summed E-state index contributed by atoms with van der Waals surface area (Å²) in [4.78, 5) is 14.8. The van der Waals surface area contributed by atoms with Gasteiger partial charge in [0.25, 0.3) is 0 Å². The van der Waals surface area contributed by atoms with Crippen molar-refractivity contribution in [2.24, 2.45) is 0 Å². The molecule has 2 aliphatic heterocycles. The zero-order valence-corrected chi connectivity index (χ0v) is 17.3. The molecule has 0 radical (unpaired) electrons. The Labute approximate surface area is 171 Å². The maximum Gasteiger partial charge on any atom is 0.231 e. The van der Waals surface area contributed by atoms with E-state index in [2.05, 4.69) is 50.2 Å². The normalized spacial score (nSPS) is 19.0. The van der Waals surface area contributed by atoms with Crippen LogP contribution in [0.3, 0.4) is 0 Å². The number of rotatable bonds is 4. The van der Waals surface area contributed by atoms with Gasteiger partial charge in [0.1, 0.15) is 0 Å². The fourth-order valence-electron chi connectivity index (χ4n) is 3.71. The molecule has 1 atom stereocenters. The van der Waals surface area contributed by atoms with E-state index in [-0.39, 0.29) is 5.91 Å². The van der Waals surface area contributed by atoms with Gasteiger partial charge in [-0.05, 0) is 41.2 Å². The minimum Gasteiger partial charge on any atom is -0.454 e. The van der Waals surface area contributed by atoms with Crippen molar-refractivity contribution in [2.45, 2.75) is 37.9 Å². The fourth-order valence-corrected chi connectivity index (χ4v) is 4.93. The van der Waals surface area contributed by atoms with Gasteiger partial charge >= 0.3 is 0 Å². The van der Waals surface area contributed by atoms with Gasteiger partial charge in [0.15, 0.2) is 11.5 Å². The first-order chi connectivity index (χ1) is 13.6. The van der Waals surface area contributed by atoms with Crippen LogP contribution in [0.5, 0.6) is 11.5 Å². The van der Waals surface area contributed by atoms with Crippen LogP contribution in [0.2, 0.25) is 0 Å². The highest BCUT2D eigenvalue weighted by molar-refractivity contribution is 7.99. The van der Waals surface area contributed by atoms with E-state index in [1.54, 1.807) is 0 Å². The molecule has 0 N–H and O–H groups in total. The van der Waals surface area contributed by atoms with Gasteiger partial charge in [0, 0.05) is 24.1 Å². The van der Waals surface area contributed by atoms with E-state index in [9.17, 15) is 4.79 Å². The third-order valence-electron chi connectivity index (χ3n) is 5.46. The monoisotopic (exact) mass is 397 g/mol. The number of amides is 1. The first-order valence-corrected chi connectivity index (χ1v) is 11.0. The molecular weight excluding hydrogens is 370 g/mol. The van der Waals surface area contributed by atoms with E-state index >= 15 is 0 Å². The first-order valence-electron chi connectivity index (χ1n) is 9.98. The first kappa shape index (κ1) is 19.2. The van der Waals surface area contributed by atoms with Gasteiger partial charge in [0.2, 0.25) is 12.7 Å². The van der Waals surface area contributed by atoms with Gasteiger partial charge < -0.3 is 14.4 Å². The molecule has 2 aromatic carbocycles. The van der Waals surface area contributed by atoms with Crippen LogP contribution in [0.4, 0.5) is 0 Å². The number of carbonyl (C=O) groups excluding carboxylic acids is 1. The number of hydrogen-bond acceptors (Lipinski definition) is 4. The predicted octanol–water partition coefficient (Wildman–Crippen LogP) is 4.79. The molecule has 1 unspecified atom stereocenters.